The minimum absolute atomic E-state index is 0. The number of fused-ring (bicyclic) bond motifs is 1. The van der Waals surface area contributed by atoms with Crippen LogP contribution in [-0.4, -0.2) is 70.5 Å². The van der Waals surface area contributed by atoms with Crippen molar-refractivity contribution in [3.8, 4) is 5.75 Å². The zero-order valence-corrected chi connectivity index (χ0v) is 22.2. The smallest absolute Gasteiger partial charge is 0.229 e. The van der Waals surface area contributed by atoms with Crippen LogP contribution >= 0.6 is 35.5 Å². The molecule has 180 valence electrons. The van der Waals surface area contributed by atoms with Crippen molar-refractivity contribution >= 4 is 66.6 Å². The fraction of sp³-hybridized carbons (Fsp3) is 0.364. The van der Waals surface area contributed by atoms with E-state index in [2.05, 4.69) is 4.98 Å². The van der Waals surface area contributed by atoms with Gasteiger partial charge in [-0.2, -0.15) is 0 Å². The molecule has 0 spiro atoms. The second-order valence-corrected chi connectivity index (χ2v) is 11.7. The summed E-state index contributed by atoms with van der Waals surface area (Å²) in [7, 11) is 2.24. The molecular formula is C22H28ClN3O4S3. The molecule has 7 nitrogen and oxygen atoms in total. The molecule has 3 aromatic rings. The molecule has 0 fully saturated rings. The van der Waals surface area contributed by atoms with Gasteiger partial charge in [0.05, 0.1) is 22.2 Å². The summed E-state index contributed by atoms with van der Waals surface area (Å²) in [5, 5.41) is 0.590. The zero-order chi connectivity index (χ0) is 23.3. The first-order chi connectivity index (χ1) is 15.2. The standard InChI is InChI=1S/C22H27N3O4S3.ClH/c1-24(2)12-13-25(21(26)11-14-30-17-7-5-16(29-3)6-8-17)22-23-19-10-9-18(32(4,27)28)15-20(19)31-22;/h5-10,15H,11-14H2,1-4H3;1H. The van der Waals surface area contributed by atoms with E-state index in [9.17, 15) is 13.2 Å². The first kappa shape index (κ1) is 27.4. The van der Waals surface area contributed by atoms with Crippen LogP contribution in [0.3, 0.4) is 0 Å². The SMILES string of the molecule is COc1ccc(SCCC(=O)N(CCN(C)C)c2nc3ccc(S(C)(=O)=O)cc3s2)cc1.Cl. The maximum atomic E-state index is 13.1. The highest BCUT2D eigenvalue weighted by Gasteiger charge is 2.20. The number of benzene rings is 2. The van der Waals surface area contributed by atoms with E-state index in [-0.39, 0.29) is 23.2 Å². The third-order valence-corrected chi connectivity index (χ3v) is 7.89. The van der Waals surface area contributed by atoms with E-state index in [0.29, 0.717) is 35.9 Å². The third kappa shape index (κ3) is 7.58. The number of sulfone groups is 1. The number of carbonyl (C=O) groups excluding carboxylic acids is 1. The molecule has 0 unspecified atom stereocenters. The predicted octanol–water partition coefficient (Wildman–Crippen LogP) is 4.21. The molecule has 0 atom stereocenters. The van der Waals surface area contributed by atoms with Gasteiger partial charge in [0.15, 0.2) is 15.0 Å². The van der Waals surface area contributed by atoms with Gasteiger partial charge in [-0.05, 0) is 56.6 Å². The predicted molar refractivity (Wildman–Crippen MR) is 139 cm³/mol. The Morgan fingerprint density at radius 3 is 2.42 bits per heavy atom. The Balaban J connectivity index is 0.00000385. The van der Waals surface area contributed by atoms with Crippen LogP contribution in [0.25, 0.3) is 10.2 Å². The summed E-state index contributed by atoms with van der Waals surface area (Å²) in [4.78, 5) is 22.8. The second-order valence-electron chi connectivity index (χ2n) is 7.52. The summed E-state index contributed by atoms with van der Waals surface area (Å²) in [6, 6.07) is 12.6. The van der Waals surface area contributed by atoms with Gasteiger partial charge in [-0.15, -0.1) is 24.2 Å². The van der Waals surface area contributed by atoms with Gasteiger partial charge in [-0.25, -0.2) is 13.4 Å². The molecule has 0 radical (unpaired) electrons. The Hall–Kier alpha value is -1.85. The number of thioether (sulfide) groups is 1. The summed E-state index contributed by atoms with van der Waals surface area (Å²) in [6.45, 7) is 1.21. The molecule has 11 heteroatoms. The number of carbonyl (C=O) groups is 1. The van der Waals surface area contributed by atoms with Crippen molar-refractivity contribution in [3.63, 3.8) is 0 Å². The zero-order valence-electron chi connectivity index (χ0n) is 19.0. The van der Waals surface area contributed by atoms with Gasteiger partial charge in [-0.1, -0.05) is 11.3 Å². The fourth-order valence-corrected chi connectivity index (χ4v) is 5.54. The number of thiazole rings is 1. The molecule has 33 heavy (non-hydrogen) atoms. The molecule has 0 saturated heterocycles. The number of aromatic nitrogens is 1. The second kappa shape index (κ2) is 12.0. The number of anilines is 1. The lowest BCUT2D eigenvalue weighted by Crippen LogP contribution is -2.36. The topological polar surface area (TPSA) is 79.8 Å². The number of likely N-dealkylation sites (N-methyl/N-ethyl adjacent to an activating group) is 1. The fourth-order valence-electron chi connectivity index (χ4n) is 2.93. The van der Waals surface area contributed by atoms with Gasteiger partial charge in [0.1, 0.15) is 5.75 Å². The van der Waals surface area contributed by atoms with Crippen molar-refractivity contribution in [1.82, 2.24) is 9.88 Å². The van der Waals surface area contributed by atoms with Crippen molar-refractivity contribution < 1.29 is 17.9 Å². The number of ether oxygens (including phenoxy) is 1. The number of methoxy groups -OCH3 is 1. The maximum Gasteiger partial charge on any atom is 0.229 e. The van der Waals surface area contributed by atoms with E-state index in [1.54, 1.807) is 42.0 Å². The van der Waals surface area contributed by atoms with Crippen LogP contribution in [-0.2, 0) is 14.6 Å². The van der Waals surface area contributed by atoms with Gasteiger partial charge in [0.25, 0.3) is 0 Å². The van der Waals surface area contributed by atoms with Crippen molar-refractivity contribution in [2.75, 3.05) is 51.2 Å². The summed E-state index contributed by atoms with van der Waals surface area (Å²) >= 11 is 2.96. The van der Waals surface area contributed by atoms with E-state index < -0.39 is 9.84 Å². The first-order valence-corrected chi connectivity index (χ1v) is 13.7. The van der Waals surface area contributed by atoms with Crippen LogP contribution in [0.5, 0.6) is 5.75 Å². The monoisotopic (exact) mass is 529 g/mol. The Morgan fingerprint density at radius 2 is 1.82 bits per heavy atom. The highest BCUT2D eigenvalue weighted by atomic mass is 35.5. The molecule has 1 heterocycles. The minimum Gasteiger partial charge on any atom is -0.497 e. The number of rotatable bonds is 10. The summed E-state index contributed by atoms with van der Waals surface area (Å²) in [5.74, 6) is 1.44. The summed E-state index contributed by atoms with van der Waals surface area (Å²) in [6.07, 6.45) is 1.55. The molecule has 0 aliphatic rings. The van der Waals surface area contributed by atoms with Gasteiger partial charge < -0.3 is 9.64 Å². The highest BCUT2D eigenvalue weighted by Crippen LogP contribution is 2.31. The van der Waals surface area contributed by atoms with Crippen LogP contribution < -0.4 is 9.64 Å². The van der Waals surface area contributed by atoms with E-state index in [1.165, 1.54) is 17.6 Å². The molecule has 2 aromatic carbocycles. The number of nitrogens with zero attached hydrogens (tertiary/aromatic N) is 3. The van der Waals surface area contributed by atoms with Gasteiger partial charge in [-0.3, -0.25) is 9.69 Å². The normalized spacial score (nSPS) is 11.4. The van der Waals surface area contributed by atoms with Gasteiger partial charge in [0, 0.05) is 36.4 Å². The maximum absolute atomic E-state index is 13.1. The van der Waals surface area contributed by atoms with Crippen LogP contribution in [0.2, 0.25) is 0 Å². The van der Waals surface area contributed by atoms with E-state index in [0.717, 1.165) is 15.3 Å². The van der Waals surface area contributed by atoms with Crippen LogP contribution in [0.4, 0.5) is 5.13 Å². The Kier molecular flexibility index (Phi) is 9.99. The third-order valence-electron chi connectivity index (χ3n) is 4.72. The lowest BCUT2D eigenvalue weighted by atomic mass is 10.3. The van der Waals surface area contributed by atoms with Crippen LogP contribution in [0, 0.1) is 0 Å². The number of halogens is 1. The van der Waals surface area contributed by atoms with Crippen LogP contribution in [0.15, 0.2) is 52.3 Å². The molecule has 0 saturated carbocycles. The highest BCUT2D eigenvalue weighted by molar-refractivity contribution is 7.99. The van der Waals surface area contributed by atoms with Crippen molar-refractivity contribution in [2.45, 2.75) is 16.2 Å². The lowest BCUT2D eigenvalue weighted by molar-refractivity contribution is -0.118. The van der Waals surface area contributed by atoms with E-state index in [4.69, 9.17) is 4.74 Å². The Labute approximate surface area is 209 Å². The minimum atomic E-state index is -3.30. The van der Waals surface area contributed by atoms with Gasteiger partial charge >= 0.3 is 0 Å². The molecule has 0 aliphatic heterocycles. The molecular weight excluding hydrogens is 502 g/mol. The Morgan fingerprint density at radius 1 is 1.12 bits per heavy atom. The van der Waals surface area contributed by atoms with Crippen molar-refractivity contribution in [3.05, 3.63) is 42.5 Å². The molecule has 0 bridgehead atoms. The summed E-state index contributed by atoms with van der Waals surface area (Å²) in [5.41, 5.74) is 0.688. The van der Waals surface area contributed by atoms with E-state index >= 15 is 0 Å². The average molecular weight is 530 g/mol. The molecule has 1 amide bonds. The van der Waals surface area contributed by atoms with Crippen molar-refractivity contribution in [1.29, 1.82) is 0 Å². The lowest BCUT2D eigenvalue weighted by Gasteiger charge is -2.22. The van der Waals surface area contributed by atoms with Crippen LogP contribution in [0.1, 0.15) is 6.42 Å². The summed E-state index contributed by atoms with van der Waals surface area (Å²) < 4.78 is 29.7. The Bertz CT molecular complexity index is 1180. The number of amides is 1. The molecule has 3 rings (SSSR count). The average Bonchev–Trinajstić information content (AvgIpc) is 3.16. The van der Waals surface area contributed by atoms with E-state index in [1.807, 2.05) is 43.3 Å². The largest absolute Gasteiger partial charge is 0.497 e. The molecule has 1 aromatic heterocycles. The quantitative estimate of drug-likeness (QED) is 0.364. The molecule has 0 aliphatic carbocycles. The van der Waals surface area contributed by atoms with Gasteiger partial charge in [0.2, 0.25) is 5.91 Å². The first-order valence-electron chi connectivity index (χ1n) is 10.00. The molecule has 0 N–H and O–H groups in total. The number of hydrogen-bond donors (Lipinski definition) is 0. The van der Waals surface area contributed by atoms with Crippen molar-refractivity contribution in [2.24, 2.45) is 0 Å². The number of hydrogen-bond acceptors (Lipinski definition) is 8.